The third kappa shape index (κ3) is 4.89. The Labute approximate surface area is 148 Å². The Balaban J connectivity index is 0.000000176. The molecule has 0 amide bonds. The van der Waals surface area contributed by atoms with Crippen LogP contribution in [-0.4, -0.2) is 9.55 Å². The molecular formula is C19H27FN4O. The number of nitrogens with one attached hydrogen (secondary N) is 1. The van der Waals surface area contributed by atoms with Crippen molar-refractivity contribution in [1.29, 1.82) is 0 Å². The van der Waals surface area contributed by atoms with Gasteiger partial charge in [0.15, 0.2) is 11.6 Å². The molecule has 1 aliphatic heterocycles. The summed E-state index contributed by atoms with van der Waals surface area (Å²) in [6.07, 6.45) is 5.18. The largest absolute Gasteiger partial charge is 0.381 e. The van der Waals surface area contributed by atoms with Crippen molar-refractivity contribution in [1.82, 2.24) is 14.9 Å². The second-order valence-corrected chi connectivity index (χ2v) is 5.97. The first-order chi connectivity index (χ1) is 12.1. The van der Waals surface area contributed by atoms with Gasteiger partial charge in [-0.05, 0) is 24.0 Å². The molecule has 0 radical (unpaired) electrons. The molecule has 3 N–H and O–H groups in total. The van der Waals surface area contributed by atoms with E-state index >= 15 is 0 Å². The lowest BCUT2D eigenvalue weighted by atomic mass is 10.1. The summed E-state index contributed by atoms with van der Waals surface area (Å²) in [6, 6.07) is 8.63. The lowest BCUT2D eigenvalue weighted by molar-refractivity contribution is 0.472. The standard InChI is InChI=1S/C9H12FN3O.C8H9N.C2H6/c10-7-5-13(6-3-1-2-4-6)9(14)12-8(7)11;1-2-4-8-6-9-5-7(8)3-1;1-2/h5-6H,1-4H2,(H2,11,12,14);1-4,9H,5-6H2;1-2H3. The Hall–Kier alpha value is -2.21. The number of hydrogen-bond donors (Lipinski definition) is 2. The molecular weight excluding hydrogens is 319 g/mol. The van der Waals surface area contributed by atoms with Gasteiger partial charge in [-0.3, -0.25) is 4.57 Å². The quantitative estimate of drug-likeness (QED) is 0.830. The second-order valence-electron chi connectivity index (χ2n) is 5.97. The summed E-state index contributed by atoms with van der Waals surface area (Å²) in [5.41, 5.74) is 7.65. The van der Waals surface area contributed by atoms with Gasteiger partial charge < -0.3 is 11.1 Å². The number of hydrogen-bond acceptors (Lipinski definition) is 4. The first kappa shape index (κ1) is 19.1. The van der Waals surface area contributed by atoms with E-state index in [0.29, 0.717) is 0 Å². The van der Waals surface area contributed by atoms with Crippen LogP contribution in [0, 0.1) is 5.82 Å². The van der Waals surface area contributed by atoms with Crippen molar-refractivity contribution in [3.05, 3.63) is 57.9 Å². The highest BCUT2D eigenvalue weighted by atomic mass is 19.1. The smallest absolute Gasteiger partial charge is 0.349 e. The van der Waals surface area contributed by atoms with Gasteiger partial charge in [-0.15, -0.1) is 0 Å². The third-order valence-electron chi connectivity index (χ3n) is 4.40. The van der Waals surface area contributed by atoms with Crippen LogP contribution in [0.25, 0.3) is 0 Å². The Kier molecular flexibility index (Phi) is 7.13. The second kappa shape index (κ2) is 9.32. The van der Waals surface area contributed by atoms with Gasteiger partial charge in [-0.25, -0.2) is 9.18 Å². The van der Waals surface area contributed by atoms with Gasteiger partial charge in [0.2, 0.25) is 0 Å². The minimum Gasteiger partial charge on any atom is -0.381 e. The lowest BCUT2D eigenvalue weighted by Gasteiger charge is -2.12. The van der Waals surface area contributed by atoms with E-state index in [1.165, 1.54) is 21.9 Å². The van der Waals surface area contributed by atoms with Gasteiger partial charge in [-0.1, -0.05) is 51.0 Å². The molecule has 1 fully saturated rings. The van der Waals surface area contributed by atoms with Gasteiger partial charge in [0.05, 0.1) is 0 Å². The molecule has 2 aliphatic rings. The summed E-state index contributed by atoms with van der Waals surface area (Å²) in [6.45, 7) is 6.10. The van der Waals surface area contributed by atoms with Crippen molar-refractivity contribution < 1.29 is 4.39 Å². The van der Waals surface area contributed by atoms with Crippen molar-refractivity contribution >= 4 is 5.82 Å². The summed E-state index contributed by atoms with van der Waals surface area (Å²) in [5, 5.41) is 3.29. The number of benzene rings is 1. The van der Waals surface area contributed by atoms with Crippen LogP contribution in [0.4, 0.5) is 10.2 Å². The van der Waals surface area contributed by atoms with Gasteiger partial charge >= 0.3 is 5.69 Å². The summed E-state index contributed by atoms with van der Waals surface area (Å²) in [7, 11) is 0. The van der Waals surface area contributed by atoms with Crippen molar-refractivity contribution in [3.8, 4) is 0 Å². The van der Waals surface area contributed by atoms with E-state index in [4.69, 9.17) is 5.73 Å². The average molecular weight is 346 g/mol. The van der Waals surface area contributed by atoms with Crippen LogP contribution in [0.1, 0.15) is 56.7 Å². The molecule has 1 aliphatic carbocycles. The van der Waals surface area contributed by atoms with Crippen molar-refractivity contribution in [3.63, 3.8) is 0 Å². The van der Waals surface area contributed by atoms with Crippen LogP contribution in [0.5, 0.6) is 0 Å². The minimum atomic E-state index is -0.614. The number of aromatic nitrogens is 2. The van der Waals surface area contributed by atoms with E-state index in [2.05, 4.69) is 34.6 Å². The van der Waals surface area contributed by atoms with E-state index < -0.39 is 11.5 Å². The molecule has 5 nitrogen and oxygen atoms in total. The predicted octanol–water partition coefficient (Wildman–Crippen LogP) is 3.40. The zero-order valence-corrected chi connectivity index (χ0v) is 15.0. The topological polar surface area (TPSA) is 72.9 Å². The fourth-order valence-electron chi connectivity index (χ4n) is 3.14. The van der Waals surface area contributed by atoms with E-state index in [0.717, 1.165) is 38.8 Å². The van der Waals surface area contributed by atoms with Gasteiger partial charge in [-0.2, -0.15) is 4.98 Å². The highest BCUT2D eigenvalue weighted by Crippen LogP contribution is 2.28. The van der Waals surface area contributed by atoms with Gasteiger partial charge in [0, 0.05) is 25.3 Å². The number of anilines is 1. The molecule has 2 aromatic rings. The van der Waals surface area contributed by atoms with Crippen LogP contribution in [0.2, 0.25) is 0 Å². The Bertz CT molecular complexity index is 715. The van der Waals surface area contributed by atoms with Crippen LogP contribution in [0.15, 0.2) is 35.3 Å². The molecule has 0 unspecified atom stereocenters. The number of nitrogen functional groups attached to an aromatic ring is 1. The highest BCUT2D eigenvalue weighted by Gasteiger charge is 2.19. The maximum absolute atomic E-state index is 13.1. The highest BCUT2D eigenvalue weighted by molar-refractivity contribution is 5.29. The zero-order chi connectivity index (χ0) is 18.2. The fraction of sp³-hybridized carbons (Fsp3) is 0.474. The van der Waals surface area contributed by atoms with Crippen LogP contribution < -0.4 is 16.7 Å². The predicted molar refractivity (Wildman–Crippen MR) is 98.7 cm³/mol. The molecule has 25 heavy (non-hydrogen) atoms. The van der Waals surface area contributed by atoms with Crippen LogP contribution >= 0.6 is 0 Å². The van der Waals surface area contributed by atoms with Gasteiger partial charge in [0.1, 0.15) is 0 Å². The summed E-state index contributed by atoms with van der Waals surface area (Å²) in [4.78, 5) is 14.8. The normalized spacial score (nSPS) is 15.6. The maximum Gasteiger partial charge on any atom is 0.349 e. The lowest BCUT2D eigenvalue weighted by Crippen LogP contribution is -2.27. The molecule has 1 aromatic carbocycles. The first-order valence-corrected chi connectivity index (χ1v) is 8.97. The SMILES string of the molecule is CC.Nc1nc(=O)n(C2CCCC2)cc1F.c1ccc2c(c1)CNC2. The van der Waals surface area contributed by atoms with Gasteiger partial charge in [0.25, 0.3) is 0 Å². The fourth-order valence-corrected chi connectivity index (χ4v) is 3.14. The van der Waals surface area contributed by atoms with E-state index in [1.54, 1.807) is 0 Å². The Morgan fingerprint density at radius 2 is 1.72 bits per heavy atom. The molecule has 0 bridgehead atoms. The average Bonchev–Trinajstić information content (AvgIpc) is 3.32. The Morgan fingerprint density at radius 1 is 1.16 bits per heavy atom. The molecule has 4 rings (SSSR count). The van der Waals surface area contributed by atoms with E-state index in [9.17, 15) is 9.18 Å². The monoisotopic (exact) mass is 346 g/mol. The molecule has 6 heteroatoms. The maximum atomic E-state index is 13.1. The van der Waals surface area contributed by atoms with E-state index in [1.807, 2.05) is 13.8 Å². The molecule has 1 saturated carbocycles. The third-order valence-corrected chi connectivity index (χ3v) is 4.40. The van der Waals surface area contributed by atoms with Crippen molar-refractivity contribution in [2.75, 3.05) is 5.73 Å². The number of fused-ring (bicyclic) bond motifs is 1. The van der Waals surface area contributed by atoms with Crippen molar-refractivity contribution in [2.24, 2.45) is 0 Å². The van der Waals surface area contributed by atoms with E-state index in [-0.39, 0.29) is 11.9 Å². The molecule has 0 saturated heterocycles. The molecule has 1 aromatic heterocycles. The number of nitrogens with zero attached hydrogens (tertiary/aromatic N) is 2. The zero-order valence-electron chi connectivity index (χ0n) is 15.0. The van der Waals surface area contributed by atoms with Crippen molar-refractivity contribution in [2.45, 2.75) is 58.7 Å². The molecule has 0 spiro atoms. The first-order valence-electron chi connectivity index (χ1n) is 8.97. The molecule has 2 heterocycles. The summed E-state index contributed by atoms with van der Waals surface area (Å²) >= 11 is 0. The number of rotatable bonds is 1. The molecule has 0 atom stereocenters. The summed E-state index contributed by atoms with van der Waals surface area (Å²) < 4.78 is 14.4. The van der Waals surface area contributed by atoms with Crippen LogP contribution in [-0.2, 0) is 13.1 Å². The molecule has 136 valence electrons. The number of nitrogens with two attached hydrogens (primary N) is 1. The summed E-state index contributed by atoms with van der Waals surface area (Å²) in [5.74, 6) is -0.930. The van der Waals surface area contributed by atoms with Crippen LogP contribution in [0.3, 0.4) is 0 Å². The number of halogens is 1. The Morgan fingerprint density at radius 3 is 2.28 bits per heavy atom. The minimum absolute atomic E-state index is 0.102.